The van der Waals surface area contributed by atoms with Crippen LogP contribution >= 0.6 is 0 Å². The van der Waals surface area contributed by atoms with E-state index in [4.69, 9.17) is 11.1 Å². The number of aromatic nitrogens is 1. The molecule has 1 aromatic heterocycles. The van der Waals surface area contributed by atoms with Crippen molar-refractivity contribution < 1.29 is 4.79 Å². The second kappa shape index (κ2) is 3.93. The topological polar surface area (TPSA) is 86.0 Å². The lowest BCUT2D eigenvalue weighted by atomic mass is 10.2. The second-order valence-electron chi connectivity index (χ2n) is 3.97. The smallest absolute Gasteiger partial charge is 0.276 e. The second-order valence-corrected chi connectivity index (χ2v) is 3.97. The number of H-pyrrole nitrogens is 1. The predicted octanol–water partition coefficient (Wildman–Crippen LogP) is 1.44. The van der Waals surface area contributed by atoms with Crippen molar-refractivity contribution in [2.45, 2.75) is 6.92 Å². The van der Waals surface area contributed by atoms with Crippen molar-refractivity contribution in [2.75, 3.05) is 7.05 Å². The Bertz CT molecular complexity index is 600. The van der Waals surface area contributed by atoms with Crippen LogP contribution in [0.2, 0.25) is 0 Å². The molecule has 0 aliphatic rings. The molecule has 1 aromatic carbocycles. The molecular formula is C12H14N4O. The molecule has 5 nitrogen and oxygen atoms in total. The number of fused-ring (bicyclic) bond motifs is 1. The maximum absolute atomic E-state index is 11.9. The third-order valence-electron chi connectivity index (χ3n) is 2.76. The first kappa shape index (κ1) is 11.2. The van der Waals surface area contributed by atoms with Crippen LogP contribution in [0.3, 0.4) is 0 Å². The number of nitrogens with zero attached hydrogens (tertiary/aromatic N) is 1. The number of benzene rings is 1. The van der Waals surface area contributed by atoms with Gasteiger partial charge in [0.2, 0.25) is 0 Å². The van der Waals surface area contributed by atoms with E-state index in [2.05, 4.69) is 4.98 Å². The minimum absolute atomic E-state index is 0.273. The summed E-state index contributed by atoms with van der Waals surface area (Å²) < 4.78 is 0. The number of nitrogens with two attached hydrogens (primary N) is 1. The van der Waals surface area contributed by atoms with Crippen molar-refractivity contribution in [1.82, 2.24) is 9.88 Å². The zero-order valence-corrected chi connectivity index (χ0v) is 9.74. The molecule has 0 spiro atoms. The molecule has 88 valence electrons. The van der Waals surface area contributed by atoms with E-state index in [0.29, 0.717) is 5.69 Å². The number of para-hydroxylation sites is 1. The number of aryl methyl sites for hydroxylation is 1. The van der Waals surface area contributed by atoms with Gasteiger partial charge in [0.05, 0.1) is 0 Å². The van der Waals surface area contributed by atoms with Gasteiger partial charge in [-0.2, -0.15) is 0 Å². The van der Waals surface area contributed by atoms with Crippen LogP contribution in [0.15, 0.2) is 24.3 Å². The predicted molar refractivity (Wildman–Crippen MR) is 67.0 cm³/mol. The largest absolute Gasteiger partial charge is 0.370 e. The van der Waals surface area contributed by atoms with Crippen LogP contribution in [0.1, 0.15) is 16.1 Å². The standard InChI is InChI=1S/C12H14N4O/c1-7-4-3-5-8-6-9(15-10(7)8)11(17)16(2)12(13)14/h3-6,15H,1-2H3,(H3,13,14). The fourth-order valence-corrected chi connectivity index (χ4v) is 1.71. The molecule has 2 rings (SSSR count). The van der Waals surface area contributed by atoms with E-state index < -0.39 is 0 Å². The number of nitrogens with one attached hydrogen (secondary N) is 2. The molecule has 0 fully saturated rings. The highest BCUT2D eigenvalue weighted by atomic mass is 16.2. The van der Waals surface area contributed by atoms with Gasteiger partial charge in [-0.3, -0.25) is 15.1 Å². The van der Waals surface area contributed by atoms with Crippen LogP contribution < -0.4 is 5.73 Å². The molecule has 0 radical (unpaired) electrons. The van der Waals surface area contributed by atoms with E-state index in [0.717, 1.165) is 21.4 Å². The molecule has 5 heteroatoms. The molecular weight excluding hydrogens is 216 g/mol. The highest BCUT2D eigenvalue weighted by molar-refractivity contribution is 6.05. The van der Waals surface area contributed by atoms with Crippen LogP contribution in [0.5, 0.6) is 0 Å². The number of carbonyl (C=O) groups excluding carboxylic acids is 1. The number of hydrogen-bond acceptors (Lipinski definition) is 2. The number of guanidine groups is 1. The third kappa shape index (κ3) is 1.87. The zero-order chi connectivity index (χ0) is 12.6. The molecule has 1 heterocycles. The first-order valence-corrected chi connectivity index (χ1v) is 5.21. The summed E-state index contributed by atoms with van der Waals surface area (Å²) in [6, 6.07) is 7.61. The fourth-order valence-electron chi connectivity index (χ4n) is 1.71. The fraction of sp³-hybridized carbons (Fsp3) is 0.167. The van der Waals surface area contributed by atoms with Crippen LogP contribution in [0, 0.1) is 12.3 Å². The van der Waals surface area contributed by atoms with E-state index in [9.17, 15) is 4.79 Å². The number of hydrogen-bond donors (Lipinski definition) is 3. The lowest BCUT2D eigenvalue weighted by Crippen LogP contribution is -2.38. The van der Waals surface area contributed by atoms with Crippen molar-refractivity contribution in [3.8, 4) is 0 Å². The van der Waals surface area contributed by atoms with Crippen LogP contribution in [-0.2, 0) is 0 Å². The quantitative estimate of drug-likeness (QED) is 0.511. The Hall–Kier alpha value is -2.30. The van der Waals surface area contributed by atoms with Crippen molar-refractivity contribution in [2.24, 2.45) is 5.73 Å². The average molecular weight is 230 g/mol. The average Bonchev–Trinajstić information content (AvgIpc) is 2.72. The monoisotopic (exact) mass is 230 g/mol. The Morgan fingerprint density at radius 3 is 2.76 bits per heavy atom. The summed E-state index contributed by atoms with van der Waals surface area (Å²) in [5.74, 6) is -0.585. The molecule has 0 saturated carbocycles. The minimum atomic E-state index is -0.312. The molecule has 4 N–H and O–H groups in total. The molecule has 0 atom stereocenters. The van der Waals surface area contributed by atoms with E-state index in [-0.39, 0.29) is 11.9 Å². The van der Waals surface area contributed by atoms with E-state index in [1.54, 1.807) is 6.07 Å². The van der Waals surface area contributed by atoms with E-state index in [1.165, 1.54) is 7.05 Å². The summed E-state index contributed by atoms with van der Waals surface area (Å²) in [5, 5.41) is 8.20. The third-order valence-corrected chi connectivity index (χ3v) is 2.76. The Morgan fingerprint density at radius 1 is 1.47 bits per heavy atom. The van der Waals surface area contributed by atoms with E-state index >= 15 is 0 Å². The number of amides is 1. The SMILES string of the molecule is Cc1cccc2cc(C(=O)N(C)C(=N)N)[nH]c12. The molecule has 17 heavy (non-hydrogen) atoms. The van der Waals surface area contributed by atoms with Crippen LogP contribution in [0.25, 0.3) is 10.9 Å². The number of rotatable bonds is 1. The van der Waals surface area contributed by atoms with Crippen LogP contribution in [-0.4, -0.2) is 28.8 Å². The highest BCUT2D eigenvalue weighted by Crippen LogP contribution is 2.19. The first-order valence-electron chi connectivity index (χ1n) is 5.21. The van der Waals surface area contributed by atoms with Crippen molar-refractivity contribution in [3.63, 3.8) is 0 Å². The molecule has 0 unspecified atom stereocenters. The van der Waals surface area contributed by atoms with Gasteiger partial charge in [-0.25, -0.2) is 0 Å². The van der Waals surface area contributed by atoms with Crippen LogP contribution in [0.4, 0.5) is 0 Å². The van der Waals surface area contributed by atoms with Gasteiger partial charge < -0.3 is 10.7 Å². The number of aromatic amines is 1. The van der Waals surface area contributed by atoms with Gasteiger partial charge >= 0.3 is 0 Å². The summed E-state index contributed by atoms with van der Waals surface area (Å²) in [4.78, 5) is 16.1. The van der Waals surface area contributed by atoms with Gasteiger partial charge in [0.25, 0.3) is 5.91 Å². The molecule has 0 aliphatic carbocycles. The van der Waals surface area contributed by atoms with Gasteiger partial charge in [-0.15, -0.1) is 0 Å². The molecule has 0 saturated heterocycles. The van der Waals surface area contributed by atoms with Gasteiger partial charge in [0, 0.05) is 18.0 Å². The van der Waals surface area contributed by atoms with E-state index in [1.807, 2.05) is 25.1 Å². The van der Waals surface area contributed by atoms with Crippen molar-refractivity contribution in [1.29, 1.82) is 5.41 Å². The van der Waals surface area contributed by atoms with Gasteiger partial charge in [-0.05, 0) is 18.6 Å². The Balaban J connectivity index is 2.47. The molecule has 0 bridgehead atoms. The van der Waals surface area contributed by atoms with Gasteiger partial charge in [0.1, 0.15) is 5.69 Å². The highest BCUT2D eigenvalue weighted by Gasteiger charge is 2.16. The maximum Gasteiger partial charge on any atom is 0.276 e. The lowest BCUT2D eigenvalue weighted by molar-refractivity contribution is 0.0864. The Kier molecular flexibility index (Phi) is 2.59. The first-order chi connectivity index (χ1) is 8.00. The van der Waals surface area contributed by atoms with Crippen molar-refractivity contribution in [3.05, 3.63) is 35.5 Å². The zero-order valence-electron chi connectivity index (χ0n) is 9.74. The molecule has 2 aromatic rings. The maximum atomic E-state index is 11.9. The van der Waals surface area contributed by atoms with Crippen molar-refractivity contribution >= 4 is 22.8 Å². The Morgan fingerprint density at radius 2 is 2.18 bits per heavy atom. The summed E-state index contributed by atoms with van der Waals surface area (Å²) in [6.45, 7) is 1.97. The summed E-state index contributed by atoms with van der Waals surface area (Å²) in [5.41, 5.74) is 7.72. The summed E-state index contributed by atoms with van der Waals surface area (Å²) in [7, 11) is 1.48. The molecule has 0 aliphatic heterocycles. The number of carbonyl (C=O) groups is 1. The normalized spacial score (nSPS) is 10.5. The van der Waals surface area contributed by atoms with Gasteiger partial charge in [0.15, 0.2) is 5.96 Å². The summed E-state index contributed by atoms with van der Waals surface area (Å²) in [6.07, 6.45) is 0. The lowest BCUT2D eigenvalue weighted by Gasteiger charge is -2.12. The van der Waals surface area contributed by atoms with Gasteiger partial charge in [-0.1, -0.05) is 18.2 Å². The minimum Gasteiger partial charge on any atom is -0.370 e. The Labute approximate surface area is 98.7 Å². The summed E-state index contributed by atoms with van der Waals surface area (Å²) >= 11 is 0. The molecule has 1 amide bonds.